The molecule has 0 amide bonds. The summed E-state index contributed by atoms with van der Waals surface area (Å²) in [5, 5.41) is 0. The summed E-state index contributed by atoms with van der Waals surface area (Å²) in [7, 11) is 1.66. The van der Waals surface area contributed by atoms with E-state index in [4.69, 9.17) is 9.57 Å². The quantitative estimate of drug-likeness (QED) is 0.664. The zero-order chi connectivity index (χ0) is 13.5. The van der Waals surface area contributed by atoms with Crippen LogP contribution in [0.3, 0.4) is 0 Å². The summed E-state index contributed by atoms with van der Waals surface area (Å²) in [6, 6.07) is 0. The van der Waals surface area contributed by atoms with Crippen LogP contribution in [0, 0.1) is 5.41 Å². The van der Waals surface area contributed by atoms with E-state index in [1.54, 1.807) is 7.11 Å². The van der Waals surface area contributed by atoms with Gasteiger partial charge in [-0.1, -0.05) is 27.7 Å². The van der Waals surface area contributed by atoms with Gasteiger partial charge in [0.05, 0.1) is 13.2 Å². The summed E-state index contributed by atoms with van der Waals surface area (Å²) < 4.78 is 5.95. The summed E-state index contributed by atoms with van der Waals surface area (Å²) in [6.07, 6.45) is 3.38. The van der Waals surface area contributed by atoms with Crippen molar-refractivity contribution in [2.24, 2.45) is 5.41 Å². The van der Waals surface area contributed by atoms with Gasteiger partial charge >= 0.3 is 0 Å². The molecule has 0 aliphatic heterocycles. The van der Waals surface area contributed by atoms with Crippen LogP contribution in [-0.2, 0) is 9.57 Å². The molecule has 3 nitrogen and oxygen atoms in total. The van der Waals surface area contributed by atoms with Crippen molar-refractivity contribution >= 4 is 0 Å². The van der Waals surface area contributed by atoms with Crippen LogP contribution in [0.5, 0.6) is 0 Å². The fourth-order valence-corrected chi connectivity index (χ4v) is 2.04. The minimum atomic E-state index is -0.0571. The van der Waals surface area contributed by atoms with Gasteiger partial charge in [-0.05, 0) is 38.5 Å². The molecule has 1 atom stereocenters. The smallest absolute Gasteiger partial charge is 0.0598 e. The number of nitrogens with one attached hydrogen (secondary N) is 1. The monoisotopic (exact) mass is 245 g/mol. The lowest BCUT2D eigenvalue weighted by molar-refractivity contribution is -0.0315. The van der Waals surface area contributed by atoms with E-state index in [9.17, 15) is 0 Å². The average molecular weight is 245 g/mol. The lowest BCUT2D eigenvalue weighted by atomic mass is 9.85. The Morgan fingerprint density at radius 3 is 2.06 bits per heavy atom. The van der Waals surface area contributed by atoms with Crippen molar-refractivity contribution in [1.82, 2.24) is 5.48 Å². The van der Waals surface area contributed by atoms with E-state index in [0.717, 1.165) is 25.9 Å². The fraction of sp³-hybridized carbons (Fsp3) is 1.00. The third-order valence-corrected chi connectivity index (χ3v) is 2.51. The predicted molar refractivity (Wildman–Crippen MR) is 72.9 cm³/mol. The minimum Gasteiger partial charge on any atom is -0.378 e. The Morgan fingerprint density at radius 2 is 1.65 bits per heavy atom. The Kier molecular flexibility index (Phi) is 7.29. The van der Waals surface area contributed by atoms with Crippen molar-refractivity contribution in [3.63, 3.8) is 0 Å². The predicted octanol–water partition coefficient (Wildman–Crippen LogP) is 3.54. The molecule has 0 aromatic carbocycles. The topological polar surface area (TPSA) is 30.5 Å². The first-order valence-electron chi connectivity index (χ1n) is 6.62. The fourth-order valence-electron chi connectivity index (χ4n) is 2.04. The number of rotatable bonds is 8. The lowest BCUT2D eigenvalue weighted by Crippen LogP contribution is -2.42. The van der Waals surface area contributed by atoms with Crippen LogP contribution in [0.1, 0.15) is 60.8 Å². The van der Waals surface area contributed by atoms with Crippen LogP contribution in [0.2, 0.25) is 0 Å². The summed E-state index contributed by atoms with van der Waals surface area (Å²) in [6.45, 7) is 14.0. The molecule has 0 aliphatic carbocycles. The van der Waals surface area contributed by atoms with Gasteiger partial charge in [0, 0.05) is 12.1 Å². The zero-order valence-electron chi connectivity index (χ0n) is 12.7. The Bertz CT molecular complexity index is 197. The van der Waals surface area contributed by atoms with Crippen LogP contribution >= 0.6 is 0 Å². The van der Waals surface area contributed by atoms with Crippen molar-refractivity contribution in [1.29, 1.82) is 0 Å². The molecule has 3 heteroatoms. The van der Waals surface area contributed by atoms with E-state index in [1.807, 2.05) is 0 Å². The van der Waals surface area contributed by atoms with E-state index in [2.05, 4.69) is 47.0 Å². The van der Waals surface area contributed by atoms with Crippen LogP contribution in [0.15, 0.2) is 0 Å². The van der Waals surface area contributed by atoms with Crippen molar-refractivity contribution in [3.8, 4) is 0 Å². The Balaban J connectivity index is 4.36. The third kappa shape index (κ3) is 9.57. The molecule has 0 fully saturated rings. The molecule has 0 saturated carbocycles. The minimum absolute atomic E-state index is 0.0571. The largest absolute Gasteiger partial charge is 0.378 e. The van der Waals surface area contributed by atoms with Crippen molar-refractivity contribution < 1.29 is 9.57 Å². The maximum atomic E-state index is 5.95. The molecule has 0 aromatic heterocycles. The third-order valence-electron chi connectivity index (χ3n) is 2.51. The molecule has 0 saturated heterocycles. The highest BCUT2D eigenvalue weighted by atomic mass is 16.6. The second-order valence-electron chi connectivity index (χ2n) is 6.65. The zero-order valence-corrected chi connectivity index (χ0v) is 12.7. The van der Waals surface area contributed by atoms with E-state index in [-0.39, 0.29) is 11.6 Å². The average Bonchev–Trinajstić information content (AvgIpc) is 2.10. The Hall–Kier alpha value is -0.120. The highest BCUT2D eigenvalue weighted by Crippen LogP contribution is 2.27. The summed E-state index contributed by atoms with van der Waals surface area (Å²) in [5.74, 6) is 0. The molecule has 0 aliphatic rings. The number of hydrogen-bond acceptors (Lipinski definition) is 3. The molecule has 1 N–H and O–H groups in total. The van der Waals surface area contributed by atoms with E-state index < -0.39 is 0 Å². The Labute approximate surface area is 107 Å². The summed E-state index contributed by atoms with van der Waals surface area (Å²) in [5.41, 5.74) is 3.27. The Morgan fingerprint density at radius 1 is 1.06 bits per heavy atom. The van der Waals surface area contributed by atoms with E-state index >= 15 is 0 Å². The second-order valence-corrected chi connectivity index (χ2v) is 6.65. The summed E-state index contributed by atoms with van der Waals surface area (Å²) in [4.78, 5) is 5.04. The maximum absolute atomic E-state index is 5.95. The van der Waals surface area contributed by atoms with Crippen molar-refractivity contribution in [2.75, 3.05) is 13.7 Å². The van der Waals surface area contributed by atoms with Crippen molar-refractivity contribution in [2.45, 2.75) is 72.4 Å². The molecule has 0 rings (SSSR count). The van der Waals surface area contributed by atoms with Gasteiger partial charge in [0.15, 0.2) is 0 Å². The first-order valence-corrected chi connectivity index (χ1v) is 6.62. The molecule has 0 heterocycles. The van der Waals surface area contributed by atoms with Gasteiger partial charge < -0.3 is 9.57 Å². The van der Waals surface area contributed by atoms with Crippen LogP contribution in [0.4, 0.5) is 0 Å². The van der Waals surface area contributed by atoms with Crippen LogP contribution in [0.25, 0.3) is 0 Å². The van der Waals surface area contributed by atoms with Crippen LogP contribution < -0.4 is 5.48 Å². The highest BCUT2D eigenvalue weighted by molar-refractivity contribution is 4.81. The molecule has 1 unspecified atom stereocenters. The molecule has 0 spiro atoms. The molecule has 0 bridgehead atoms. The number of ether oxygens (including phenoxy) is 1. The standard InChI is InChI=1S/C14H31NO2/c1-8-9-17-12(10-13(2,3)4)11-14(5,6)15-16-7/h12,15H,8-11H2,1-7H3. The van der Waals surface area contributed by atoms with E-state index in [0.29, 0.717) is 5.41 Å². The molecule has 104 valence electrons. The van der Waals surface area contributed by atoms with Gasteiger partial charge in [0.2, 0.25) is 0 Å². The van der Waals surface area contributed by atoms with Gasteiger partial charge in [0.1, 0.15) is 0 Å². The first-order chi connectivity index (χ1) is 7.70. The van der Waals surface area contributed by atoms with Gasteiger partial charge in [-0.2, -0.15) is 5.48 Å². The normalized spacial score (nSPS) is 15.0. The molecular formula is C14H31NO2. The number of hydroxylamine groups is 1. The van der Waals surface area contributed by atoms with E-state index in [1.165, 1.54) is 0 Å². The summed E-state index contributed by atoms with van der Waals surface area (Å²) >= 11 is 0. The van der Waals surface area contributed by atoms with Crippen LogP contribution in [-0.4, -0.2) is 25.4 Å². The molecule has 0 aromatic rings. The van der Waals surface area contributed by atoms with Gasteiger partial charge in [-0.15, -0.1) is 0 Å². The van der Waals surface area contributed by atoms with Gasteiger partial charge in [0.25, 0.3) is 0 Å². The SMILES string of the molecule is CCCOC(CC(C)(C)C)CC(C)(C)NOC. The van der Waals surface area contributed by atoms with Gasteiger partial charge in [-0.3, -0.25) is 0 Å². The lowest BCUT2D eigenvalue weighted by Gasteiger charge is -2.33. The van der Waals surface area contributed by atoms with Gasteiger partial charge in [-0.25, -0.2) is 0 Å². The number of hydrogen-bond donors (Lipinski definition) is 1. The second kappa shape index (κ2) is 7.34. The first kappa shape index (κ1) is 16.9. The van der Waals surface area contributed by atoms with Crippen molar-refractivity contribution in [3.05, 3.63) is 0 Å². The maximum Gasteiger partial charge on any atom is 0.0598 e. The molecular weight excluding hydrogens is 214 g/mol. The highest BCUT2D eigenvalue weighted by Gasteiger charge is 2.27. The molecule has 0 radical (unpaired) electrons. The molecule has 17 heavy (non-hydrogen) atoms.